The monoisotopic (exact) mass is 1740 g/mol. The van der Waals surface area contributed by atoms with Gasteiger partial charge in [0.1, 0.15) is 34.7 Å². The van der Waals surface area contributed by atoms with Crippen LogP contribution in [0.1, 0.15) is 209 Å². The second kappa shape index (κ2) is 34.0. The third-order valence-electron chi connectivity index (χ3n) is 25.7. The Morgan fingerprint density at radius 3 is 0.878 bits per heavy atom. The van der Waals surface area contributed by atoms with Crippen molar-refractivity contribution < 1.29 is 68.1 Å². The van der Waals surface area contributed by atoms with E-state index in [2.05, 4.69) is 106 Å². The number of aromatic nitrogens is 9. The number of hydrogen-bond acceptors (Lipinski definition) is 24. The normalized spacial score (nSPS) is 22.5. The third-order valence-corrected chi connectivity index (χ3v) is 29.7. The summed E-state index contributed by atoms with van der Waals surface area (Å²) in [5.41, 5.74) is 0.869. The number of ether oxygens (including phenoxy) is 6. The highest BCUT2D eigenvalue weighted by atomic mass is 32.2. The van der Waals surface area contributed by atoms with Gasteiger partial charge < -0.3 is 43.1 Å². The Morgan fingerprint density at radius 1 is 0.366 bits per heavy atom. The minimum atomic E-state index is -4.11. The van der Waals surface area contributed by atoms with Crippen molar-refractivity contribution in [3.05, 3.63) is 163 Å². The topological polar surface area (TPSA) is 347 Å². The van der Waals surface area contributed by atoms with Crippen LogP contribution in [0.4, 0.5) is 17.5 Å². The fourth-order valence-corrected chi connectivity index (χ4v) is 20.3. The van der Waals surface area contributed by atoms with Gasteiger partial charge in [0.05, 0.1) is 71.0 Å². The van der Waals surface area contributed by atoms with Crippen molar-refractivity contribution in [2.75, 3.05) is 74.0 Å². The van der Waals surface area contributed by atoms with E-state index in [1.165, 1.54) is 74.9 Å². The van der Waals surface area contributed by atoms with Crippen LogP contribution < -0.4 is 57.3 Å². The van der Waals surface area contributed by atoms with Gasteiger partial charge in [-0.05, 0) is 300 Å². The average Bonchev–Trinajstić information content (AvgIpc) is 1.68. The second-order valence-electron chi connectivity index (χ2n) is 37.3. The third kappa shape index (κ3) is 20.2. The summed E-state index contributed by atoms with van der Waals surface area (Å²) in [6, 6.07) is 33.7. The van der Waals surface area contributed by atoms with E-state index in [0.29, 0.717) is 163 Å². The fraction of sp³-hybridized carbons (Fsp3) is 0.500. The molecule has 3 atom stereocenters. The minimum absolute atomic E-state index is 0.0160. The Morgan fingerprint density at radius 2 is 0.626 bits per heavy atom. The predicted octanol–water partition coefficient (Wildman–Crippen LogP) is 14.2. The molecule has 123 heavy (non-hydrogen) atoms. The van der Waals surface area contributed by atoms with Gasteiger partial charge in [-0.15, -0.1) is 15.3 Å². The highest BCUT2D eigenvalue weighted by Crippen LogP contribution is 2.51. The van der Waals surface area contributed by atoms with Gasteiger partial charge in [0, 0.05) is 73.0 Å². The maximum absolute atomic E-state index is 13.5. The molecule has 0 radical (unpaired) electrons. The minimum Gasteiger partial charge on any atom is -0.494 e. The molecule has 3 N–H and O–H groups in total. The van der Waals surface area contributed by atoms with Gasteiger partial charge in [-0.1, -0.05) is 20.8 Å². The van der Waals surface area contributed by atoms with Crippen molar-refractivity contribution >= 4 is 65.2 Å². The van der Waals surface area contributed by atoms with E-state index in [9.17, 15) is 39.6 Å². The fourth-order valence-electron chi connectivity index (χ4n) is 17.4. The van der Waals surface area contributed by atoms with Gasteiger partial charge in [0.15, 0.2) is 17.5 Å². The van der Waals surface area contributed by atoms with Gasteiger partial charge in [0.2, 0.25) is 17.6 Å². The number of rotatable bonds is 15. The quantitative estimate of drug-likeness (QED) is 0.0858. The molecular weight excluding hydrogens is 1630 g/mol. The number of nitrogens with zero attached hydrogens (tertiary/aromatic N) is 12. The van der Waals surface area contributed by atoms with Gasteiger partial charge in [0.25, 0.3) is 47.8 Å². The molecule has 3 aromatic carbocycles. The van der Waals surface area contributed by atoms with Crippen LogP contribution in [-0.2, 0) is 30.1 Å². The van der Waals surface area contributed by atoms with Crippen LogP contribution in [0, 0.1) is 34.0 Å². The molecule has 654 valence electrons. The van der Waals surface area contributed by atoms with Gasteiger partial charge >= 0.3 is 0 Å². The molecule has 9 aliphatic heterocycles. The Bertz CT molecular complexity index is 5190. The summed E-state index contributed by atoms with van der Waals surface area (Å²) >= 11 is 0. The molecule has 12 bridgehead atoms. The van der Waals surface area contributed by atoms with Crippen LogP contribution >= 0.6 is 0 Å². The number of benzene rings is 3. The van der Waals surface area contributed by atoms with Crippen LogP contribution in [0.2, 0.25) is 0 Å². The zero-order chi connectivity index (χ0) is 86.5. The molecule has 9 aromatic rings. The molecule has 21 rings (SSSR count). The first kappa shape index (κ1) is 85.7. The zero-order valence-corrected chi connectivity index (χ0v) is 73.8. The maximum Gasteiger partial charge on any atom is 0.268 e. The number of pyridine rings is 3. The van der Waals surface area contributed by atoms with Gasteiger partial charge in [-0.2, -0.15) is 0 Å². The van der Waals surface area contributed by atoms with Crippen molar-refractivity contribution in [1.29, 1.82) is 0 Å². The number of carbonyl (C=O) groups is 3. The van der Waals surface area contributed by atoms with E-state index < -0.39 is 47.8 Å². The van der Waals surface area contributed by atoms with Crippen molar-refractivity contribution in [1.82, 2.24) is 58.5 Å². The largest absolute Gasteiger partial charge is 0.494 e. The smallest absolute Gasteiger partial charge is 0.268 e. The average molecular weight is 1740 g/mol. The number of anilines is 3. The Balaban J connectivity index is 0.000000137. The van der Waals surface area contributed by atoms with Crippen LogP contribution in [0.3, 0.4) is 0 Å². The number of fused-ring (bicyclic) bond motifs is 21. The first-order valence-corrected chi connectivity index (χ1v) is 47.3. The molecule has 33 heteroatoms. The molecule has 15 heterocycles. The van der Waals surface area contributed by atoms with Crippen LogP contribution in [0.5, 0.6) is 34.9 Å². The van der Waals surface area contributed by atoms with Crippen LogP contribution in [0.15, 0.2) is 161 Å². The van der Waals surface area contributed by atoms with Gasteiger partial charge in [-0.25, -0.2) is 68.4 Å². The molecule has 3 saturated carbocycles. The Kier molecular flexibility index (Phi) is 23.7. The number of sulfonamides is 3. The molecule has 3 saturated heterocycles. The Hall–Kier alpha value is -10.8. The molecule has 30 nitrogen and oxygen atoms in total. The van der Waals surface area contributed by atoms with Crippen LogP contribution in [0.25, 0.3) is 17.5 Å². The lowest BCUT2D eigenvalue weighted by molar-refractivity contribution is 0.0972. The highest BCUT2D eigenvalue weighted by molar-refractivity contribution is 7.90. The van der Waals surface area contributed by atoms with E-state index in [1.807, 2.05) is 0 Å². The van der Waals surface area contributed by atoms with Crippen molar-refractivity contribution in [3.8, 4) is 52.3 Å². The maximum atomic E-state index is 13.5. The summed E-state index contributed by atoms with van der Waals surface area (Å²) in [6.45, 7) is 25.1. The number of amides is 3. The molecule has 0 spiro atoms. The SMILES string of the molecule is CC1(CCOc2ccn(-c3ccc4c(n3)N3CC(CCCOc5ccc(cc5)S(=O)(=O)NC4=O)CC3(C)C)n2)CC1.CC1(CCOc2ccn(-c3ccc4c(n3)N3CC(CCCOc5ccc(cc5)S(=O)(=O)NC4=O)CC3(C)C)n2)CC1.CC1(CCOc2ccn(-c3ccc4c(n3)N3CC(CCCOc5ccc(cc5)S(=O)(=O)NC4=O)CC3(C)C)n2)CC1. The van der Waals surface area contributed by atoms with E-state index in [-0.39, 0.29) is 48.0 Å². The van der Waals surface area contributed by atoms with Crippen molar-refractivity contribution in [2.24, 2.45) is 34.0 Å². The molecule has 3 unspecified atom stereocenters. The van der Waals surface area contributed by atoms with E-state index >= 15 is 0 Å². The first-order chi connectivity index (χ1) is 58.5. The molecule has 6 aromatic heterocycles. The lowest BCUT2D eigenvalue weighted by Crippen LogP contribution is -2.41. The standard InChI is InChI=1S/3C30H37N5O5S/c3*1-29(2)19-21-5-4-17-39-22-6-8-23(9-7-22)41(37,38)33-28(36)24-10-11-25(31-27(24)34(29)20-21)35-16-12-26(32-35)40-18-15-30(3)13-14-30/h3*6-12,16,21H,4-5,13-15,17-20H2,1-3H3,(H,33,36). The zero-order valence-electron chi connectivity index (χ0n) is 71.4. The van der Waals surface area contributed by atoms with E-state index in [0.717, 1.165) is 77.0 Å². The summed E-state index contributed by atoms with van der Waals surface area (Å²) in [7, 11) is -12.3. The predicted molar refractivity (Wildman–Crippen MR) is 463 cm³/mol. The summed E-state index contributed by atoms with van der Waals surface area (Å²) in [4.78, 5) is 61.7. The lowest BCUT2D eigenvalue weighted by atomic mass is 9.93. The van der Waals surface area contributed by atoms with E-state index in [1.54, 1.807) is 124 Å². The second-order valence-corrected chi connectivity index (χ2v) is 42.4. The summed E-state index contributed by atoms with van der Waals surface area (Å²) in [5.74, 6) is 5.09. The molecule has 3 amide bonds. The number of hydrogen-bond donors (Lipinski definition) is 3. The molecule has 6 fully saturated rings. The highest BCUT2D eigenvalue weighted by Gasteiger charge is 2.46. The summed E-state index contributed by atoms with van der Waals surface area (Å²) in [5, 5.41) is 13.7. The molecule has 3 aliphatic carbocycles. The van der Waals surface area contributed by atoms with Crippen molar-refractivity contribution in [2.45, 2.75) is 209 Å². The summed E-state index contributed by atoms with van der Waals surface area (Å²) < 4.78 is 126. The van der Waals surface area contributed by atoms with Crippen LogP contribution in [-0.4, -0.2) is 163 Å². The van der Waals surface area contributed by atoms with Crippen molar-refractivity contribution in [3.63, 3.8) is 0 Å². The number of nitrogens with one attached hydrogen (secondary N) is 3. The van der Waals surface area contributed by atoms with Gasteiger partial charge in [-0.3, -0.25) is 14.4 Å². The Labute approximate surface area is 719 Å². The molecular formula is C90H111N15O15S3. The molecule has 12 aliphatic rings. The summed E-state index contributed by atoms with van der Waals surface area (Å²) in [6.07, 6.45) is 24.0. The van der Waals surface area contributed by atoms with E-state index in [4.69, 9.17) is 43.4 Å². The number of carbonyl (C=O) groups excluding carboxylic acids is 3. The lowest BCUT2D eigenvalue weighted by Gasteiger charge is -2.34. The first-order valence-electron chi connectivity index (χ1n) is 42.9.